The van der Waals surface area contributed by atoms with Crippen LogP contribution in [0.25, 0.3) is 11.0 Å². The van der Waals surface area contributed by atoms with E-state index in [9.17, 15) is 4.39 Å². The zero-order valence-corrected chi connectivity index (χ0v) is 11.4. The first kappa shape index (κ1) is 12.6. The largest absolute Gasteiger partial charge is 0.494 e. The van der Waals surface area contributed by atoms with Crippen LogP contribution in [0.15, 0.2) is 12.1 Å². The number of rotatable bonds is 3. The number of aromatic nitrogens is 2. The van der Waals surface area contributed by atoms with Crippen molar-refractivity contribution in [3.63, 3.8) is 0 Å². The minimum atomic E-state index is -0.393. The number of ether oxygens (including phenoxy) is 2. The minimum Gasteiger partial charge on any atom is -0.494 e. The average Bonchev–Trinajstić information content (AvgIpc) is 2.98. The molecule has 0 aliphatic carbocycles. The van der Waals surface area contributed by atoms with Gasteiger partial charge >= 0.3 is 0 Å². The number of benzene rings is 1. The third kappa shape index (κ3) is 2.26. The maximum atomic E-state index is 13.7. The smallest absolute Gasteiger partial charge is 0.178 e. The Hall–Kier alpha value is -1.40. The van der Waals surface area contributed by atoms with E-state index in [1.54, 1.807) is 6.07 Å². The van der Waals surface area contributed by atoms with E-state index in [2.05, 4.69) is 4.98 Å². The molecule has 0 bridgehead atoms. The van der Waals surface area contributed by atoms with E-state index in [0.29, 0.717) is 16.8 Å². The summed E-state index contributed by atoms with van der Waals surface area (Å²) in [6.07, 6.45) is 2.30. The number of aromatic amines is 1. The van der Waals surface area contributed by atoms with Crippen molar-refractivity contribution < 1.29 is 13.9 Å². The molecule has 0 spiro atoms. The van der Waals surface area contributed by atoms with E-state index in [-0.39, 0.29) is 11.9 Å². The minimum absolute atomic E-state index is 0.182. The molecule has 4 nitrogen and oxygen atoms in total. The first-order valence-corrected chi connectivity index (χ1v) is 6.67. The van der Waals surface area contributed by atoms with E-state index in [4.69, 9.17) is 21.7 Å². The highest BCUT2D eigenvalue weighted by molar-refractivity contribution is 7.71. The highest BCUT2D eigenvalue weighted by Crippen LogP contribution is 2.25. The Morgan fingerprint density at radius 3 is 3.11 bits per heavy atom. The average molecular weight is 282 g/mol. The van der Waals surface area contributed by atoms with Crippen LogP contribution in [0, 0.1) is 10.6 Å². The van der Waals surface area contributed by atoms with E-state index < -0.39 is 5.82 Å². The second kappa shape index (κ2) is 4.94. The Balaban J connectivity index is 2.06. The number of imidazole rings is 1. The number of nitrogens with one attached hydrogen (secondary N) is 1. The Labute approximate surface area is 115 Å². The fourth-order valence-corrected chi connectivity index (χ4v) is 2.77. The molecular weight excluding hydrogens is 267 g/mol. The van der Waals surface area contributed by atoms with Crippen LogP contribution in [0.4, 0.5) is 4.39 Å². The van der Waals surface area contributed by atoms with E-state index in [1.165, 1.54) is 13.2 Å². The van der Waals surface area contributed by atoms with Crippen molar-refractivity contribution in [3.05, 3.63) is 22.7 Å². The molecule has 0 saturated carbocycles. The number of fused-ring (bicyclic) bond motifs is 1. The lowest BCUT2D eigenvalue weighted by molar-refractivity contribution is 0.0976. The number of H-pyrrole nitrogens is 1. The second-order valence-corrected chi connectivity index (χ2v) is 5.07. The molecule has 1 atom stereocenters. The molecule has 1 aromatic carbocycles. The second-order valence-electron chi connectivity index (χ2n) is 4.68. The van der Waals surface area contributed by atoms with E-state index in [1.807, 2.05) is 4.57 Å². The molecule has 6 heteroatoms. The molecule has 1 N–H and O–H groups in total. The van der Waals surface area contributed by atoms with Gasteiger partial charge < -0.3 is 19.0 Å². The van der Waals surface area contributed by atoms with Crippen LogP contribution in [-0.2, 0) is 11.3 Å². The predicted octanol–water partition coefficient (Wildman–Crippen LogP) is 3.03. The molecule has 2 aromatic rings. The van der Waals surface area contributed by atoms with Gasteiger partial charge in [-0.1, -0.05) is 0 Å². The van der Waals surface area contributed by atoms with Crippen molar-refractivity contribution in [2.75, 3.05) is 13.7 Å². The summed E-state index contributed by atoms with van der Waals surface area (Å²) >= 11 is 5.30. The molecular formula is C13H15FN2O2S. The number of hydrogen-bond donors (Lipinski definition) is 1. The van der Waals surface area contributed by atoms with Crippen molar-refractivity contribution in [2.24, 2.45) is 0 Å². The van der Waals surface area contributed by atoms with Gasteiger partial charge in [0, 0.05) is 18.7 Å². The summed E-state index contributed by atoms with van der Waals surface area (Å²) in [6.45, 7) is 1.49. The van der Waals surface area contributed by atoms with Gasteiger partial charge in [-0.2, -0.15) is 0 Å². The van der Waals surface area contributed by atoms with Crippen LogP contribution in [0.3, 0.4) is 0 Å². The van der Waals surface area contributed by atoms with Gasteiger partial charge in [-0.25, -0.2) is 4.39 Å². The van der Waals surface area contributed by atoms with Gasteiger partial charge in [-0.05, 0) is 25.1 Å². The molecule has 1 aliphatic rings. The SMILES string of the molecule is COc1cc2c(cc1F)[nH]c(=S)n2CC1CCCO1. The van der Waals surface area contributed by atoms with Gasteiger partial charge in [0.1, 0.15) is 0 Å². The standard InChI is InChI=1S/C13H15FN2O2S/c1-17-12-6-11-10(5-9(12)14)15-13(19)16(11)7-8-3-2-4-18-8/h5-6,8H,2-4,7H2,1H3,(H,15,19). The van der Waals surface area contributed by atoms with Gasteiger partial charge in [-0.15, -0.1) is 0 Å². The predicted molar refractivity (Wildman–Crippen MR) is 72.6 cm³/mol. The molecule has 0 amide bonds. The monoisotopic (exact) mass is 282 g/mol. The summed E-state index contributed by atoms with van der Waals surface area (Å²) in [6, 6.07) is 3.09. The normalized spacial score (nSPS) is 19.2. The Morgan fingerprint density at radius 2 is 2.42 bits per heavy atom. The quantitative estimate of drug-likeness (QED) is 0.880. The van der Waals surface area contributed by atoms with Crippen LogP contribution >= 0.6 is 12.2 Å². The van der Waals surface area contributed by atoms with Crippen LogP contribution in [0.2, 0.25) is 0 Å². The van der Waals surface area contributed by atoms with Crippen LogP contribution in [0.1, 0.15) is 12.8 Å². The van der Waals surface area contributed by atoms with Crippen molar-refractivity contribution in [1.82, 2.24) is 9.55 Å². The van der Waals surface area contributed by atoms with Crippen molar-refractivity contribution in [1.29, 1.82) is 0 Å². The molecule has 1 aromatic heterocycles. The third-order valence-electron chi connectivity index (χ3n) is 3.46. The van der Waals surface area contributed by atoms with Crippen LogP contribution in [0.5, 0.6) is 5.75 Å². The first-order chi connectivity index (χ1) is 9.19. The van der Waals surface area contributed by atoms with Crippen molar-refractivity contribution in [2.45, 2.75) is 25.5 Å². The molecule has 1 saturated heterocycles. The van der Waals surface area contributed by atoms with Gasteiger partial charge in [0.05, 0.1) is 30.8 Å². The Kier molecular flexibility index (Phi) is 3.28. The van der Waals surface area contributed by atoms with Crippen molar-refractivity contribution in [3.8, 4) is 5.75 Å². The highest BCUT2D eigenvalue weighted by Gasteiger charge is 2.18. The number of methoxy groups -OCH3 is 1. The van der Waals surface area contributed by atoms with E-state index >= 15 is 0 Å². The molecule has 19 heavy (non-hydrogen) atoms. The van der Waals surface area contributed by atoms with Crippen LogP contribution < -0.4 is 4.74 Å². The fourth-order valence-electron chi connectivity index (χ4n) is 2.49. The molecule has 3 rings (SSSR count). The van der Waals surface area contributed by atoms with Crippen molar-refractivity contribution >= 4 is 23.3 Å². The van der Waals surface area contributed by atoms with E-state index in [0.717, 1.165) is 25.0 Å². The molecule has 102 valence electrons. The molecule has 2 heterocycles. The molecule has 0 radical (unpaired) electrons. The van der Waals surface area contributed by atoms with Gasteiger partial charge in [0.15, 0.2) is 16.3 Å². The topological polar surface area (TPSA) is 39.2 Å². The third-order valence-corrected chi connectivity index (χ3v) is 3.78. The highest BCUT2D eigenvalue weighted by atomic mass is 32.1. The maximum Gasteiger partial charge on any atom is 0.178 e. The molecule has 1 fully saturated rings. The summed E-state index contributed by atoms with van der Waals surface area (Å²) in [4.78, 5) is 3.02. The lowest BCUT2D eigenvalue weighted by Crippen LogP contribution is -2.14. The zero-order valence-electron chi connectivity index (χ0n) is 10.6. The van der Waals surface area contributed by atoms with Gasteiger partial charge in [-0.3, -0.25) is 0 Å². The summed E-state index contributed by atoms with van der Waals surface area (Å²) in [5, 5.41) is 0. The number of nitrogens with zero attached hydrogens (tertiary/aromatic N) is 1. The molecule has 1 unspecified atom stereocenters. The number of hydrogen-bond acceptors (Lipinski definition) is 3. The molecule has 1 aliphatic heterocycles. The summed E-state index contributed by atoms with van der Waals surface area (Å²) in [5.41, 5.74) is 1.53. The van der Waals surface area contributed by atoms with Gasteiger partial charge in [0.2, 0.25) is 0 Å². The summed E-state index contributed by atoms with van der Waals surface area (Å²) < 4.78 is 26.8. The fraction of sp³-hybridized carbons (Fsp3) is 0.462. The zero-order chi connectivity index (χ0) is 13.4. The maximum absolute atomic E-state index is 13.7. The first-order valence-electron chi connectivity index (χ1n) is 6.26. The summed E-state index contributed by atoms with van der Waals surface area (Å²) in [5.74, 6) is -0.168. The Morgan fingerprint density at radius 1 is 1.58 bits per heavy atom. The number of halogens is 1. The van der Waals surface area contributed by atoms with Crippen LogP contribution in [-0.4, -0.2) is 29.4 Å². The van der Waals surface area contributed by atoms with Gasteiger partial charge in [0.25, 0.3) is 0 Å². The Bertz CT molecular complexity index is 658. The summed E-state index contributed by atoms with van der Waals surface area (Å²) in [7, 11) is 1.45. The lowest BCUT2D eigenvalue weighted by atomic mass is 10.2. The lowest BCUT2D eigenvalue weighted by Gasteiger charge is -2.11.